The van der Waals surface area contributed by atoms with Crippen LogP contribution in [0.15, 0.2) is 23.0 Å². The Hall–Kier alpha value is -2.17. The number of aromatic nitrogens is 2. The Morgan fingerprint density at radius 2 is 2.00 bits per heavy atom. The standard InChI is InChI=1S/C15H15N3O2/c19-14(17-6-2-7-17)10-4-5-11-12(9-10)16-13-3-1-8-18(13)15(11)20/h4-5,9H,1-3,6-8H2. The molecule has 4 rings (SSSR count). The predicted octanol–water partition coefficient (Wildman–Crippen LogP) is 1.19. The minimum Gasteiger partial charge on any atom is -0.339 e. The van der Waals surface area contributed by atoms with Crippen molar-refractivity contribution in [1.29, 1.82) is 0 Å². The van der Waals surface area contributed by atoms with E-state index >= 15 is 0 Å². The van der Waals surface area contributed by atoms with Crippen LogP contribution in [0.5, 0.6) is 0 Å². The Morgan fingerprint density at radius 3 is 2.75 bits per heavy atom. The van der Waals surface area contributed by atoms with Gasteiger partial charge in [-0.3, -0.25) is 14.2 Å². The van der Waals surface area contributed by atoms with Gasteiger partial charge < -0.3 is 4.90 Å². The van der Waals surface area contributed by atoms with Gasteiger partial charge in [-0.25, -0.2) is 4.98 Å². The zero-order chi connectivity index (χ0) is 13.7. The molecule has 5 heteroatoms. The fourth-order valence-electron chi connectivity index (χ4n) is 2.92. The second-order valence-electron chi connectivity index (χ2n) is 5.47. The summed E-state index contributed by atoms with van der Waals surface area (Å²) in [7, 11) is 0. The number of carbonyl (C=O) groups is 1. The molecule has 0 spiro atoms. The minimum absolute atomic E-state index is 0.0189. The molecule has 0 aliphatic carbocycles. The predicted molar refractivity (Wildman–Crippen MR) is 74.8 cm³/mol. The summed E-state index contributed by atoms with van der Waals surface area (Å²) in [6.45, 7) is 2.42. The first-order valence-corrected chi connectivity index (χ1v) is 7.07. The van der Waals surface area contributed by atoms with Crippen LogP contribution in [0.25, 0.3) is 10.9 Å². The molecule has 3 heterocycles. The van der Waals surface area contributed by atoms with E-state index in [-0.39, 0.29) is 11.5 Å². The van der Waals surface area contributed by atoms with Crippen molar-refractivity contribution in [2.24, 2.45) is 0 Å². The van der Waals surface area contributed by atoms with E-state index in [1.54, 1.807) is 22.8 Å². The number of amides is 1. The van der Waals surface area contributed by atoms with Crippen LogP contribution in [0.2, 0.25) is 0 Å². The van der Waals surface area contributed by atoms with Crippen molar-refractivity contribution in [1.82, 2.24) is 14.5 Å². The maximum atomic E-state index is 12.3. The van der Waals surface area contributed by atoms with Crippen molar-refractivity contribution < 1.29 is 4.79 Å². The Bertz CT molecular complexity index is 775. The molecule has 1 amide bonds. The first-order chi connectivity index (χ1) is 9.74. The highest BCUT2D eigenvalue weighted by molar-refractivity contribution is 5.98. The summed E-state index contributed by atoms with van der Waals surface area (Å²) >= 11 is 0. The number of hydrogen-bond acceptors (Lipinski definition) is 3. The molecule has 2 aromatic rings. The Morgan fingerprint density at radius 1 is 1.15 bits per heavy atom. The molecule has 0 bridgehead atoms. The number of hydrogen-bond donors (Lipinski definition) is 0. The number of rotatable bonds is 1. The molecule has 5 nitrogen and oxygen atoms in total. The summed E-state index contributed by atoms with van der Waals surface area (Å²) in [6, 6.07) is 5.24. The van der Waals surface area contributed by atoms with Gasteiger partial charge in [-0.2, -0.15) is 0 Å². The lowest BCUT2D eigenvalue weighted by Gasteiger charge is -2.30. The zero-order valence-electron chi connectivity index (χ0n) is 11.1. The quantitative estimate of drug-likeness (QED) is 0.781. The van der Waals surface area contributed by atoms with E-state index in [2.05, 4.69) is 4.98 Å². The van der Waals surface area contributed by atoms with E-state index in [4.69, 9.17) is 0 Å². The Kier molecular flexibility index (Phi) is 2.42. The summed E-state index contributed by atoms with van der Waals surface area (Å²) < 4.78 is 1.75. The smallest absolute Gasteiger partial charge is 0.261 e. The van der Waals surface area contributed by atoms with Crippen molar-refractivity contribution in [2.75, 3.05) is 13.1 Å². The molecule has 1 saturated heterocycles. The molecular formula is C15H15N3O2. The molecule has 102 valence electrons. The van der Waals surface area contributed by atoms with Crippen molar-refractivity contribution in [3.05, 3.63) is 39.9 Å². The van der Waals surface area contributed by atoms with Gasteiger partial charge >= 0.3 is 0 Å². The number of fused-ring (bicyclic) bond motifs is 2. The average Bonchev–Trinajstić information content (AvgIpc) is 2.84. The SMILES string of the molecule is O=C(c1ccc2c(=O)n3c(nc2c1)CCC3)N1CCC1. The van der Waals surface area contributed by atoms with E-state index in [0.29, 0.717) is 16.5 Å². The van der Waals surface area contributed by atoms with Crippen LogP contribution in [0.4, 0.5) is 0 Å². The van der Waals surface area contributed by atoms with Crippen LogP contribution in [0, 0.1) is 0 Å². The number of likely N-dealkylation sites (tertiary alicyclic amines) is 1. The van der Waals surface area contributed by atoms with Crippen LogP contribution >= 0.6 is 0 Å². The molecule has 2 aliphatic heterocycles. The van der Waals surface area contributed by atoms with Gasteiger partial charge in [0.05, 0.1) is 10.9 Å². The first kappa shape index (κ1) is 11.6. The van der Waals surface area contributed by atoms with Crippen LogP contribution < -0.4 is 5.56 Å². The third-order valence-corrected chi connectivity index (χ3v) is 4.21. The summed E-state index contributed by atoms with van der Waals surface area (Å²) in [6.07, 6.45) is 2.89. The molecule has 1 aromatic heterocycles. The lowest BCUT2D eigenvalue weighted by Crippen LogP contribution is -2.42. The van der Waals surface area contributed by atoms with Crippen LogP contribution in [0.1, 0.15) is 29.0 Å². The molecule has 0 radical (unpaired) electrons. The fourth-order valence-corrected chi connectivity index (χ4v) is 2.92. The topological polar surface area (TPSA) is 55.2 Å². The highest BCUT2D eigenvalue weighted by Gasteiger charge is 2.22. The van der Waals surface area contributed by atoms with Gasteiger partial charge in [-0.15, -0.1) is 0 Å². The maximum absolute atomic E-state index is 12.3. The Balaban J connectivity index is 1.85. The van der Waals surface area contributed by atoms with Gasteiger partial charge in [0, 0.05) is 31.6 Å². The van der Waals surface area contributed by atoms with E-state index in [0.717, 1.165) is 44.7 Å². The van der Waals surface area contributed by atoms with Crippen LogP contribution in [-0.2, 0) is 13.0 Å². The third-order valence-electron chi connectivity index (χ3n) is 4.21. The fraction of sp³-hybridized carbons (Fsp3) is 0.400. The third kappa shape index (κ3) is 1.59. The summed E-state index contributed by atoms with van der Waals surface area (Å²) in [5, 5.41) is 0.607. The van der Waals surface area contributed by atoms with Crippen LogP contribution in [0.3, 0.4) is 0 Å². The van der Waals surface area contributed by atoms with E-state index < -0.39 is 0 Å². The van der Waals surface area contributed by atoms with Gasteiger partial charge in [-0.05, 0) is 31.0 Å². The molecular weight excluding hydrogens is 254 g/mol. The van der Waals surface area contributed by atoms with Gasteiger partial charge in [0.15, 0.2) is 0 Å². The summed E-state index contributed by atoms with van der Waals surface area (Å²) in [5.41, 5.74) is 1.30. The van der Waals surface area contributed by atoms with Crippen LogP contribution in [-0.4, -0.2) is 33.4 Å². The monoisotopic (exact) mass is 269 g/mol. The van der Waals surface area contributed by atoms with Gasteiger partial charge in [0.1, 0.15) is 5.82 Å². The number of aryl methyl sites for hydroxylation is 1. The zero-order valence-corrected chi connectivity index (χ0v) is 11.1. The van der Waals surface area contributed by atoms with Crippen molar-refractivity contribution in [3.8, 4) is 0 Å². The van der Waals surface area contributed by atoms with E-state index in [1.807, 2.05) is 4.90 Å². The first-order valence-electron chi connectivity index (χ1n) is 7.07. The lowest BCUT2D eigenvalue weighted by molar-refractivity contribution is 0.0652. The second-order valence-corrected chi connectivity index (χ2v) is 5.47. The summed E-state index contributed by atoms with van der Waals surface area (Å²) in [4.78, 5) is 30.9. The number of carbonyl (C=O) groups excluding carboxylic acids is 1. The number of benzene rings is 1. The number of nitrogens with zero attached hydrogens (tertiary/aromatic N) is 3. The molecule has 1 aromatic carbocycles. The van der Waals surface area contributed by atoms with Crippen molar-refractivity contribution in [2.45, 2.75) is 25.8 Å². The van der Waals surface area contributed by atoms with Gasteiger partial charge in [-0.1, -0.05) is 0 Å². The maximum Gasteiger partial charge on any atom is 0.261 e. The molecule has 0 N–H and O–H groups in total. The summed E-state index contributed by atoms with van der Waals surface area (Å²) in [5.74, 6) is 0.886. The van der Waals surface area contributed by atoms with Gasteiger partial charge in [0.2, 0.25) is 0 Å². The molecule has 0 unspecified atom stereocenters. The molecule has 2 aliphatic rings. The highest BCUT2D eigenvalue weighted by atomic mass is 16.2. The molecule has 0 atom stereocenters. The molecule has 0 saturated carbocycles. The average molecular weight is 269 g/mol. The van der Waals surface area contributed by atoms with E-state index in [9.17, 15) is 9.59 Å². The minimum atomic E-state index is 0.0189. The molecule has 1 fully saturated rings. The normalized spacial score (nSPS) is 17.1. The highest BCUT2D eigenvalue weighted by Crippen LogP contribution is 2.18. The van der Waals surface area contributed by atoms with Gasteiger partial charge in [0.25, 0.3) is 11.5 Å². The van der Waals surface area contributed by atoms with Crippen molar-refractivity contribution in [3.63, 3.8) is 0 Å². The second kappa shape index (κ2) is 4.16. The lowest BCUT2D eigenvalue weighted by atomic mass is 10.1. The molecule has 20 heavy (non-hydrogen) atoms. The van der Waals surface area contributed by atoms with E-state index in [1.165, 1.54) is 0 Å². The largest absolute Gasteiger partial charge is 0.339 e. The Labute approximate surface area is 115 Å². The van der Waals surface area contributed by atoms with Crippen molar-refractivity contribution >= 4 is 16.8 Å².